The maximum absolute atomic E-state index is 13.2. The Morgan fingerprint density at radius 2 is 1.41 bits per heavy atom. The number of hydrogen-bond acceptors (Lipinski definition) is 2. The Labute approximate surface area is 116 Å². The Hall–Kier alpha value is -1.60. The Morgan fingerprint density at radius 3 is 1.77 bits per heavy atom. The molecule has 0 saturated carbocycles. The van der Waals surface area contributed by atoms with Crippen LogP contribution in [0.1, 0.15) is 0 Å². The van der Waals surface area contributed by atoms with Crippen LogP contribution in [0.25, 0.3) is 0 Å². The molecule has 0 amide bonds. The molecule has 0 aliphatic rings. The van der Waals surface area contributed by atoms with Gasteiger partial charge in [-0.05, 0) is 12.1 Å². The molecular weight excluding hydrogens is 359 g/mol. The fourth-order valence-electron chi connectivity index (χ4n) is 1.13. The summed E-state index contributed by atoms with van der Waals surface area (Å²) in [4.78, 5) is 1.91. The van der Waals surface area contributed by atoms with Gasteiger partial charge in [0.15, 0.2) is 0 Å². The van der Waals surface area contributed by atoms with Gasteiger partial charge in [-0.2, -0.15) is 47.9 Å². The first-order valence-corrected chi connectivity index (χ1v) is 6.42. The first kappa shape index (κ1) is 18.4. The summed E-state index contributed by atoms with van der Waals surface area (Å²) in [6, 6.07) is 1.74. The van der Waals surface area contributed by atoms with Gasteiger partial charge in [-0.3, -0.25) is 4.72 Å². The number of nitrogens with one attached hydrogen (secondary N) is 2. The molecule has 0 radical (unpaired) electrons. The van der Waals surface area contributed by atoms with Crippen LogP contribution in [0.5, 0.6) is 0 Å². The van der Waals surface area contributed by atoms with E-state index in [4.69, 9.17) is 0 Å². The van der Waals surface area contributed by atoms with Gasteiger partial charge in [0.1, 0.15) is 5.82 Å². The van der Waals surface area contributed by atoms with Crippen LogP contribution < -0.4 is 4.72 Å². The van der Waals surface area contributed by atoms with Crippen LogP contribution in [0.2, 0.25) is 0 Å². The lowest BCUT2D eigenvalue weighted by Gasteiger charge is -2.32. The van der Waals surface area contributed by atoms with Crippen LogP contribution in [0.15, 0.2) is 18.3 Å². The van der Waals surface area contributed by atoms with Gasteiger partial charge < -0.3 is 4.98 Å². The van der Waals surface area contributed by atoms with E-state index in [1.807, 2.05) is 4.98 Å². The fourth-order valence-corrected chi connectivity index (χ4v) is 2.14. The molecule has 1 aromatic heterocycles. The van der Waals surface area contributed by atoms with E-state index < -0.39 is 39.1 Å². The summed E-state index contributed by atoms with van der Waals surface area (Å²) in [5.74, 6) is -15.4. The van der Waals surface area contributed by atoms with Gasteiger partial charge in [-0.25, -0.2) is 0 Å². The van der Waals surface area contributed by atoms with E-state index in [1.54, 1.807) is 0 Å². The molecule has 1 aromatic rings. The minimum Gasteiger partial charge on any atom is -0.348 e. The molecule has 0 saturated heterocycles. The number of aromatic amines is 1. The summed E-state index contributed by atoms with van der Waals surface area (Å²) in [6.45, 7) is 0. The highest BCUT2D eigenvalue weighted by Gasteiger charge is 2.85. The molecule has 4 nitrogen and oxygen atoms in total. The lowest BCUT2D eigenvalue weighted by molar-refractivity contribution is -0.382. The van der Waals surface area contributed by atoms with Crippen molar-refractivity contribution >= 4 is 15.8 Å². The van der Waals surface area contributed by atoms with Gasteiger partial charge in [-0.1, -0.05) is 0 Å². The zero-order valence-electron chi connectivity index (χ0n) is 9.86. The van der Waals surface area contributed by atoms with E-state index >= 15 is 0 Å². The van der Waals surface area contributed by atoms with Crippen molar-refractivity contribution in [3.8, 4) is 0 Å². The van der Waals surface area contributed by atoms with Crippen LogP contribution in [-0.2, 0) is 10.0 Å². The third-order valence-corrected chi connectivity index (χ3v) is 3.72. The van der Waals surface area contributed by atoms with Crippen molar-refractivity contribution in [3.05, 3.63) is 18.3 Å². The monoisotopic (exact) mass is 364 g/mol. The highest BCUT2D eigenvalue weighted by molar-refractivity contribution is 7.93. The minimum atomic E-state index is -7.28. The molecule has 22 heavy (non-hydrogen) atoms. The largest absolute Gasteiger partial charge is 0.460 e. The Bertz CT molecular complexity index is 621. The number of anilines is 1. The molecule has 1 heterocycles. The molecule has 2 N–H and O–H groups in total. The molecule has 0 aromatic carbocycles. The minimum absolute atomic E-state index is 0.730. The molecule has 0 unspecified atom stereocenters. The van der Waals surface area contributed by atoms with E-state index in [9.17, 15) is 47.9 Å². The number of H-pyrrole nitrogens is 1. The molecule has 0 fully saturated rings. The number of rotatable bonds is 5. The smallest absolute Gasteiger partial charge is 0.348 e. The van der Waals surface area contributed by atoms with E-state index in [0.29, 0.717) is 0 Å². The number of hydrogen-bond donors (Lipinski definition) is 2. The van der Waals surface area contributed by atoms with Gasteiger partial charge >= 0.3 is 33.3 Å². The van der Waals surface area contributed by atoms with E-state index in [-0.39, 0.29) is 0 Å². The standard InChI is InChI=1S/C8H5F9N2O2S/c9-5(10,7(13,14)15)6(11,12)8(16,17)22(20,21)19-4-2-1-3-18-4/h1-3,18-19H. The van der Waals surface area contributed by atoms with Crippen LogP contribution >= 0.6 is 0 Å². The van der Waals surface area contributed by atoms with Crippen molar-refractivity contribution < 1.29 is 47.9 Å². The maximum Gasteiger partial charge on any atom is 0.460 e. The number of alkyl halides is 9. The average Bonchev–Trinajstić information content (AvgIpc) is 2.78. The van der Waals surface area contributed by atoms with Crippen LogP contribution in [-0.4, -0.2) is 36.7 Å². The summed E-state index contributed by atoms with van der Waals surface area (Å²) in [5.41, 5.74) is 0. The summed E-state index contributed by atoms with van der Waals surface area (Å²) in [7, 11) is -6.63. The van der Waals surface area contributed by atoms with Crippen molar-refractivity contribution in [2.75, 3.05) is 4.72 Å². The molecular formula is C8H5F9N2O2S. The van der Waals surface area contributed by atoms with Crippen LogP contribution in [0.4, 0.5) is 45.3 Å². The molecule has 0 bridgehead atoms. The van der Waals surface area contributed by atoms with Gasteiger partial charge in [0.05, 0.1) is 0 Å². The molecule has 0 aliphatic heterocycles. The zero-order chi connectivity index (χ0) is 17.6. The second-order valence-corrected chi connectivity index (χ2v) is 5.58. The first-order chi connectivity index (χ1) is 9.58. The van der Waals surface area contributed by atoms with Crippen molar-refractivity contribution in [3.63, 3.8) is 0 Å². The second-order valence-electron chi connectivity index (χ2n) is 3.85. The SMILES string of the molecule is O=S(=O)(Nc1ccc[nH]1)C(F)(F)C(F)(F)C(F)(F)C(F)(F)F. The van der Waals surface area contributed by atoms with Gasteiger partial charge in [-0.15, -0.1) is 0 Å². The number of aromatic nitrogens is 1. The van der Waals surface area contributed by atoms with Gasteiger partial charge in [0.25, 0.3) is 0 Å². The van der Waals surface area contributed by atoms with Gasteiger partial charge in [0.2, 0.25) is 0 Å². The topological polar surface area (TPSA) is 62.0 Å². The molecule has 1 rings (SSSR count). The predicted molar refractivity (Wildman–Crippen MR) is 54.2 cm³/mol. The van der Waals surface area contributed by atoms with E-state index in [2.05, 4.69) is 0 Å². The van der Waals surface area contributed by atoms with Crippen molar-refractivity contribution in [2.45, 2.75) is 23.3 Å². The van der Waals surface area contributed by atoms with Crippen LogP contribution in [0, 0.1) is 0 Å². The molecule has 0 spiro atoms. The van der Waals surface area contributed by atoms with Crippen molar-refractivity contribution in [2.24, 2.45) is 0 Å². The molecule has 14 heteroatoms. The lowest BCUT2D eigenvalue weighted by atomic mass is 10.1. The van der Waals surface area contributed by atoms with Crippen LogP contribution in [0.3, 0.4) is 0 Å². The first-order valence-electron chi connectivity index (χ1n) is 4.94. The van der Waals surface area contributed by atoms with E-state index in [0.717, 1.165) is 23.1 Å². The fraction of sp³-hybridized carbons (Fsp3) is 0.500. The predicted octanol–water partition coefficient (Wildman–Crippen LogP) is 3.18. The third kappa shape index (κ3) is 2.59. The normalized spacial score (nSPS) is 15.0. The number of halogens is 9. The summed E-state index contributed by atoms with van der Waals surface area (Å²) >= 11 is 0. The Balaban J connectivity index is 3.32. The maximum atomic E-state index is 13.2. The average molecular weight is 364 g/mol. The third-order valence-electron chi connectivity index (χ3n) is 2.30. The quantitative estimate of drug-likeness (QED) is 0.789. The zero-order valence-corrected chi connectivity index (χ0v) is 10.7. The van der Waals surface area contributed by atoms with E-state index in [1.165, 1.54) is 0 Å². The Morgan fingerprint density at radius 1 is 0.909 bits per heavy atom. The van der Waals surface area contributed by atoms with Crippen molar-refractivity contribution in [1.29, 1.82) is 0 Å². The number of sulfonamides is 1. The summed E-state index contributed by atoms with van der Waals surface area (Å²) < 4.78 is 136. The molecule has 128 valence electrons. The lowest BCUT2D eigenvalue weighted by Crippen LogP contribution is -2.64. The van der Waals surface area contributed by atoms with Gasteiger partial charge in [0, 0.05) is 6.20 Å². The highest BCUT2D eigenvalue weighted by Crippen LogP contribution is 2.54. The highest BCUT2D eigenvalue weighted by atomic mass is 32.2. The molecule has 0 aliphatic carbocycles. The van der Waals surface area contributed by atoms with Crippen molar-refractivity contribution in [1.82, 2.24) is 4.98 Å². The Kier molecular flexibility index (Phi) is 4.16. The summed E-state index contributed by atoms with van der Waals surface area (Å²) in [6.07, 6.45) is -6.15. The second kappa shape index (κ2) is 4.96. The summed E-state index contributed by atoms with van der Waals surface area (Å²) in [5, 5.41) is -6.76. The molecule has 0 atom stereocenters.